The second-order valence-corrected chi connectivity index (χ2v) is 7.48. The van der Waals surface area contributed by atoms with Crippen LogP contribution in [0.4, 0.5) is 0 Å². The maximum atomic E-state index is 13.2. The van der Waals surface area contributed by atoms with Gasteiger partial charge in [-0.3, -0.25) is 14.6 Å². The van der Waals surface area contributed by atoms with Gasteiger partial charge in [-0.1, -0.05) is 19.4 Å². The number of benzene rings is 1. The number of methoxy groups -OCH3 is 2. The number of amides is 1. The molecule has 0 unspecified atom stereocenters. The Kier molecular flexibility index (Phi) is 7.28. The highest BCUT2D eigenvalue weighted by Crippen LogP contribution is 2.32. The Balaban J connectivity index is 2.06. The molecule has 2 aromatic heterocycles. The van der Waals surface area contributed by atoms with Crippen LogP contribution in [0.3, 0.4) is 0 Å². The monoisotopic (exact) mass is 423 g/mol. The van der Waals surface area contributed by atoms with Crippen molar-refractivity contribution >= 4 is 16.7 Å². The first-order chi connectivity index (χ1) is 15.0. The SMILES string of the molecule is CCCCNC(=O)c1cn(CCc2ccc(C)cn2)c(=O)c2cc(OC)c(OC)cc12. The zero-order valence-corrected chi connectivity index (χ0v) is 18.5. The average molecular weight is 424 g/mol. The van der Waals surface area contributed by atoms with Gasteiger partial charge in [0.25, 0.3) is 11.5 Å². The number of carbonyl (C=O) groups is 1. The lowest BCUT2D eigenvalue weighted by atomic mass is 10.1. The van der Waals surface area contributed by atoms with Crippen LogP contribution in [-0.2, 0) is 13.0 Å². The lowest BCUT2D eigenvalue weighted by Crippen LogP contribution is -2.28. The van der Waals surface area contributed by atoms with Gasteiger partial charge in [-0.05, 0) is 37.1 Å². The highest BCUT2D eigenvalue weighted by atomic mass is 16.5. The summed E-state index contributed by atoms with van der Waals surface area (Å²) in [6.45, 7) is 5.04. The van der Waals surface area contributed by atoms with Crippen LogP contribution in [-0.4, -0.2) is 36.2 Å². The Bertz CT molecular complexity index is 1120. The number of hydrogen-bond donors (Lipinski definition) is 1. The first-order valence-electron chi connectivity index (χ1n) is 10.5. The summed E-state index contributed by atoms with van der Waals surface area (Å²) in [5, 5.41) is 3.90. The largest absolute Gasteiger partial charge is 0.493 e. The molecule has 164 valence electrons. The molecule has 0 saturated carbocycles. The highest BCUT2D eigenvalue weighted by molar-refractivity contribution is 6.07. The molecule has 1 N–H and O–H groups in total. The summed E-state index contributed by atoms with van der Waals surface area (Å²) in [6.07, 6.45) is 5.89. The minimum atomic E-state index is -0.215. The Morgan fingerprint density at radius 3 is 2.45 bits per heavy atom. The van der Waals surface area contributed by atoms with Crippen molar-refractivity contribution in [3.63, 3.8) is 0 Å². The van der Waals surface area contributed by atoms with E-state index < -0.39 is 0 Å². The van der Waals surface area contributed by atoms with Crippen LogP contribution < -0.4 is 20.3 Å². The normalized spacial score (nSPS) is 10.8. The van der Waals surface area contributed by atoms with Crippen LogP contribution in [0.5, 0.6) is 11.5 Å². The highest BCUT2D eigenvalue weighted by Gasteiger charge is 2.18. The molecular formula is C24H29N3O4. The molecule has 0 aliphatic carbocycles. The molecule has 7 nitrogen and oxygen atoms in total. The molecule has 0 fully saturated rings. The Morgan fingerprint density at radius 2 is 1.84 bits per heavy atom. The van der Waals surface area contributed by atoms with Gasteiger partial charge in [-0.15, -0.1) is 0 Å². The van der Waals surface area contributed by atoms with Crippen LogP contribution in [0.25, 0.3) is 10.8 Å². The standard InChI is InChI=1S/C24H29N3O4/c1-5-6-10-25-23(28)20-15-27(11-9-17-8-7-16(2)14-26-17)24(29)19-13-22(31-4)21(30-3)12-18(19)20/h7-8,12-15H,5-6,9-11H2,1-4H3,(H,25,28). The molecule has 3 rings (SSSR count). The number of pyridine rings is 2. The molecule has 0 aliphatic heterocycles. The molecule has 2 heterocycles. The first kappa shape index (κ1) is 22.3. The van der Waals surface area contributed by atoms with Crippen molar-refractivity contribution in [2.45, 2.75) is 39.7 Å². The van der Waals surface area contributed by atoms with Gasteiger partial charge in [0, 0.05) is 43.0 Å². The average Bonchev–Trinajstić information content (AvgIpc) is 2.79. The number of ether oxygens (including phenoxy) is 2. The number of aryl methyl sites for hydroxylation is 3. The van der Waals surface area contributed by atoms with E-state index in [0.717, 1.165) is 24.1 Å². The van der Waals surface area contributed by atoms with Crippen LogP contribution in [0.1, 0.15) is 41.4 Å². The number of hydrogen-bond acceptors (Lipinski definition) is 5. The van der Waals surface area contributed by atoms with Crippen LogP contribution in [0.15, 0.2) is 41.5 Å². The molecule has 7 heteroatoms. The molecule has 0 saturated heterocycles. The van der Waals surface area contributed by atoms with Gasteiger partial charge in [-0.2, -0.15) is 0 Å². The zero-order chi connectivity index (χ0) is 22.4. The molecule has 0 atom stereocenters. The quantitative estimate of drug-likeness (QED) is 0.533. The first-order valence-corrected chi connectivity index (χ1v) is 10.5. The van der Waals surface area contributed by atoms with Gasteiger partial charge >= 0.3 is 0 Å². The summed E-state index contributed by atoms with van der Waals surface area (Å²) >= 11 is 0. The van der Waals surface area contributed by atoms with Crippen molar-refractivity contribution in [3.8, 4) is 11.5 Å². The fraction of sp³-hybridized carbons (Fsp3) is 0.375. The lowest BCUT2D eigenvalue weighted by Gasteiger charge is -2.15. The predicted molar refractivity (Wildman–Crippen MR) is 121 cm³/mol. The maximum absolute atomic E-state index is 13.2. The van der Waals surface area contributed by atoms with Gasteiger partial charge in [-0.25, -0.2) is 0 Å². The van der Waals surface area contributed by atoms with E-state index >= 15 is 0 Å². The summed E-state index contributed by atoms with van der Waals surface area (Å²) in [6, 6.07) is 7.28. The Morgan fingerprint density at radius 1 is 1.13 bits per heavy atom. The third kappa shape index (κ3) is 5.05. The van der Waals surface area contributed by atoms with E-state index in [0.29, 0.717) is 47.3 Å². The van der Waals surface area contributed by atoms with Crippen molar-refractivity contribution in [1.82, 2.24) is 14.9 Å². The van der Waals surface area contributed by atoms with Crippen molar-refractivity contribution in [1.29, 1.82) is 0 Å². The van der Waals surface area contributed by atoms with E-state index in [9.17, 15) is 9.59 Å². The molecule has 0 radical (unpaired) electrons. The smallest absolute Gasteiger partial charge is 0.258 e. The van der Waals surface area contributed by atoms with E-state index in [1.54, 1.807) is 22.9 Å². The van der Waals surface area contributed by atoms with Gasteiger partial charge in [0.15, 0.2) is 11.5 Å². The third-order valence-electron chi connectivity index (χ3n) is 5.23. The number of fused-ring (bicyclic) bond motifs is 1. The summed E-state index contributed by atoms with van der Waals surface area (Å²) in [5.74, 6) is 0.703. The van der Waals surface area contributed by atoms with E-state index in [1.807, 2.05) is 25.3 Å². The number of nitrogens with one attached hydrogen (secondary N) is 1. The second-order valence-electron chi connectivity index (χ2n) is 7.48. The molecule has 3 aromatic rings. The van der Waals surface area contributed by atoms with Gasteiger partial charge in [0.05, 0.1) is 25.2 Å². The van der Waals surface area contributed by atoms with Gasteiger partial charge in [0.1, 0.15) is 0 Å². The summed E-state index contributed by atoms with van der Waals surface area (Å²) in [7, 11) is 3.05. The number of unbranched alkanes of at least 4 members (excludes halogenated alkanes) is 1. The number of carbonyl (C=O) groups excluding carboxylic acids is 1. The number of aromatic nitrogens is 2. The summed E-state index contributed by atoms with van der Waals surface area (Å²) in [4.78, 5) is 30.6. The second kappa shape index (κ2) is 10.1. The van der Waals surface area contributed by atoms with E-state index in [2.05, 4.69) is 17.2 Å². The number of nitrogens with zero attached hydrogens (tertiary/aromatic N) is 2. The Labute approximate surface area is 182 Å². The minimum absolute atomic E-state index is 0.187. The summed E-state index contributed by atoms with van der Waals surface area (Å²) < 4.78 is 12.3. The molecule has 31 heavy (non-hydrogen) atoms. The fourth-order valence-corrected chi connectivity index (χ4v) is 3.42. The van der Waals surface area contributed by atoms with Crippen LogP contribution >= 0.6 is 0 Å². The zero-order valence-electron chi connectivity index (χ0n) is 18.5. The van der Waals surface area contributed by atoms with Gasteiger partial charge in [0.2, 0.25) is 0 Å². The molecule has 1 amide bonds. The van der Waals surface area contributed by atoms with Crippen molar-refractivity contribution in [3.05, 3.63) is 63.8 Å². The third-order valence-corrected chi connectivity index (χ3v) is 5.23. The fourth-order valence-electron chi connectivity index (χ4n) is 3.42. The van der Waals surface area contributed by atoms with E-state index in [1.165, 1.54) is 14.2 Å². The molecule has 0 spiro atoms. The van der Waals surface area contributed by atoms with Crippen molar-refractivity contribution in [2.75, 3.05) is 20.8 Å². The minimum Gasteiger partial charge on any atom is -0.493 e. The van der Waals surface area contributed by atoms with Gasteiger partial charge < -0.3 is 19.4 Å². The maximum Gasteiger partial charge on any atom is 0.258 e. The van der Waals surface area contributed by atoms with E-state index in [4.69, 9.17) is 9.47 Å². The molecule has 0 bridgehead atoms. The summed E-state index contributed by atoms with van der Waals surface area (Å²) in [5.41, 5.74) is 2.22. The van der Waals surface area contributed by atoms with Crippen molar-refractivity contribution < 1.29 is 14.3 Å². The molecule has 0 aliphatic rings. The van der Waals surface area contributed by atoms with E-state index in [-0.39, 0.29) is 11.5 Å². The number of rotatable bonds is 9. The predicted octanol–water partition coefficient (Wildman–Crippen LogP) is 3.49. The Hall–Kier alpha value is -3.35. The van der Waals surface area contributed by atoms with Crippen molar-refractivity contribution in [2.24, 2.45) is 0 Å². The lowest BCUT2D eigenvalue weighted by molar-refractivity contribution is 0.0954. The topological polar surface area (TPSA) is 82.5 Å². The molecule has 1 aromatic carbocycles. The molecular weight excluding hydrogens is 394 g/mol. The van der Waals surface area contributed by atoms with Crippen LogP contribution in [0, 0.1) is 6.92 Å². The van der Waals surface area contributed by atoms with Crippen LogP contribution in [0.2, 0.25) is 0 Å².